The van der Waals surface area contributed by atoms with E-state index in [1.807, 2.05) is 12.1 Å². The molecule has 7 nitrogen and oxygen atoms in total. The number of halogens is 1. The van der Waals surface area contributed by atoms with Crippen LogP contribution in [0.5, 0.6) is 0 Å². The SMILES string of the molecule is O=[N+]([O-])c1ccc(NCc2ccc(Cl)cc2)c2nonc12. The third-order valence-corrected chi connectivity index (χ3v) is 3.24. The molecule has 0 spiro atoms. The van der Waals surface area contributed by atoms with E-state index in [2.05, 4.69) is 20.3 Å². The summed E-state index contributed by atoms with van der Waals surface area (Å²) >= 11 is 5.82. The molecule has 0 atom stereocenters. The summed E-state index contributed by atoms with van der Waals surface area (Å²) in [6, 6.07) is 10.3. The molecule has 0 amide bonds. The predicted molar refractivity (Wildman–Crippen MR) is 77.2 cm³/mol. The molecule has 0 radical (unpaired) electrons. The molecule has 0 saturated heterocycles. The molecular formula is C13H9ClN4O3. The normalized spacial score (nSPS) is 10.7. The van der Waals surface area contributed by atoms with E-state index >= 15 is 0 Å². The Morgan fingerprint density at radius 2 is 1.86 bits per heavy atom. The maximum absolute atomic E-state index is 10.9. The van der Waals surface area contributed by atoms with Crippen LogP contribution in [0.15, 0.2) is 41.0 Å². The highest BCUT2D eigenvalue weighted by atomic mass is 35.5. The number of anilines is 1. The number of aromatic nitrogens is 2. The van der Waals surface area contributed by atoms with Crippen molar-refractivity contribution in [2.75, 3.05) is 5.32 Å². The second kappa shape index (κ2) is 5.37. The van der Waals surface area contributed by atoms with Crippen molar-refractivity contribution in [3.63, 3.8) is 0 Å². The number of nitro benzene ring substituents is 1. The average Bonchev–Trinajstić information content (AvgIpc) is 2.95. The number of benzene rings is 2. The number of hydrogen-bond donors (Lipinski definition) is 1. The van der Waals surface area contributed by atoms with Gasteiger partial charge in [0.1, 0.15) is 0 Å². The lowest BCUT2D eigenvalue weighted by molar-refractivity contribution is -0.383. The Morgan fingerprint density at radius 1 is 1.14 bits per heavy atom. The molecule has 1 heterocycles. The van der Waals surface area contributed by atoms with Crippen molar-refractivity contribution in [3.05, 3.63) is 57.1 Å². The summed E-state index contributed by atoms with van der Waals surface area (Å²) in [4.78, 5) is 10.4. The number of hydrogen-bond acceptors (Lipinski definition) is 6. The number of nitrogens with one attached hydrogen (secondary N) is 1. The molecule has 8 heteroatoms. The molecule has 0 bridgehead atoms. The first-order valence-corrected chi connectivity index (χ1v) is 6.41. The van der Waals surface area contributed by atoms with Gasteiger partial charge in [-0.15, -0.1) is 0 Å². The van der Waals surface area contributed by atoms with E-state index in [9.17, 15) is 10.1 Å². The van der Waals surface area contributed by atoms with Gasteiger partial charge in [0.05, 0.1) is 10.6 Å². The maximum Gasteiger partial charge on any atom is 0.300 e. The second-order valence-corrected chi connectivity index (χ2v) is 4.77. The van der Waals surface area contributed by atoms with Crippen molar-refractivity contribution >= 4 is 34.0 Å². The topological polar surface area (TPSA) is 94.1 Å². The quantitative estimate of drug-likeness (QED) is 0.586. The van der Waals surface area contributed by atoms with Gasteiger partial charge >= 0.3 is 5.69 Å². The third kappa shape index (κ3) is 2.63. The molecular weight excluding hydrogens is 296 g/mol. The van der Waals surface area contributed by atoms with Crippen molar-refractivity contribution in [1.82, 2.24) is 10.3 Å². The van der Waals surface area contributed by atoms with Gasteiger partial charge in [-0.3, -0.25) is 10.1 Å². The van der Waals surface area contributed by atoms with Crippen LogP contribution in [0, 0.1) is 10.1 Å². The lowest BCUT2D eigenvalue weighted by atomic mass is 10.2. The molecule has 21 heavy (non-hydrogen) atoms. The predicted octanol–water partition coefficient (Wildman–Crippen LogP) is 3.40. The Kier molecular flexibility index (Phi) is 3.41. The van der Waals surface area contributed by atoms with Gasteiger partial charge in [-0.05, 0) is 34.1 Å². The van der Waals surface area contributed by atoms with Crippen molar-refractivity contribution in [2.45, 2.75) is 6.54 Å². The van der Waals surface area contributed by atoms with Gasteiger partial charge in [-0.1, -0.05) is 23.7 Å². The zero-order chi connectivity index (χ0) is 14.8. The molecule has 2 aromatic carbocycles. The van der Waals surface area contributed by atoms with Crippen molar-refractivity contribution in [2.24, 2.45) is 0 Å². The minimum absolute atomic E-state index is 0.126. The summed E-state index contributed by atoms with van der Waals surface area (Å²) in [7, 11) is 0. The summed E-state index contributed by atoms with van der Waals surface area (Å²) in [5.41, 5.74) is 1.96. The number of nitrogens with zero attached hydrogens (tertiary/aromatic N) is 3. The lowest BCUT2D eigenvalue weighted by Gasteiger charge is -2.06. The number of rotatable bonds is 4. The fourth-order valence-electron chi connectivity index (χ4n) is 1.94. The molecule has 106 valence electrons. The smallest absolute Gasteiger partial charge is 0.300 e. The van der Waals surface area contributed by atoms with E-state index in [0.717, 1.165) is 5.56 Å². The second-order valence-electron chi connectivity index (χ2n) is 4.33. The van der Waals surface area contributed by atoms with Crippen LogP contribution >= 0.6 is 11.6 Å². The van der Waals surface area contributed by atoms with E-state index in [-0.39, 0.29) is 11.2 Å². The molecule has 0 saturated carbocycles. The summed E-state index contributed by atoms with van der Waals surface area (Å²) in [6.45, 7) is 0.525. The Balaban J connectivity index is 1.88. The average molecular weight is 305 g/mol. The van der Waals surface area contributed by atoms with E-state index in [1.54, 1.807) is 18.2 Å². The third-order valence-electron chi connectivity index (χ3n) is 2.99. The highest BCUT2D eigenvalue weighted by molar-refractivity contribution is 6.30. The highest BCUT2D eigenvalue weighted by Gasteiger charge is 2.19. The Bertz CT molecular complexity index is 801. The van der Waals surface area contributed by atoms with Gasteiger partial charge in [0, 0.05) is 17.6 Å². The molecule has 3 rings (SSSR count). The van der Waals surface area contributed by atoms with Crippen molar-refractivity contribution < 1.29 is 9.55 Å². The minimum Gasteiger partial charge on any atom is -0.379 e. The van der Waals surface area contributed by atoms with E-state index < -0.39 is 4.92 Å². The number of nitro groups is 1. The van der Waals surface area contributed by atoms with Crippen LogP contribution in [0.1, 0.15) is 5.56 Å². The lowest BCUT2D eigenvalue weighted by Crippen LogP contribution is -2.00. The first-order valence-electron chi connectivity index (χ1n) is 6.03. The summed E-state index contributed by atoms with van der Waals surface area (Å²) in [5, 5.41) is 22.0. The van der Waals surface area contributed by atoms with Gasteiger partial charge < -0.3 is 5.32 Å². The minimum atomic E-state index is -0.518. The van der Waals surface area contributed by atoms with E-state index in [0.29, 0.717) is 22.8 Å². The van der Waals surface area contributed by atoms with Crippen LogP contribution in [-0.4, -0.2) is 15.2 Å². The summed E-state index contributed by atoms with van der Waals surface area (Å²) in [5.74, 6) is 0. The fraction of sp³-hybridized carbons (Fsp3) is 0.0769. The molecule has 0 aliphatic carbocycles. The van der Waals surface area contributed by atoms with Crippen molar-refractivity contribution in [3.8, 4) is 0 Å². The molecule has 1 N–H and O–H groups in total. The summed E-state index contributed by atoms with van der Waals surface area (Å²) in [6.07, 6.45) is 0. The molecule has 0 fully saturated rings. The monoisotopic (exact) mass is 304 g/mol. The largest absolute Gasteiger partial charge is 0.379 e. The van der Waals surface area contributed by atoms with E-state index in [4.69, 9.17) is 11.6 Å². The molecule has 3 aromatic rings. The van der Waals surface area contributed by atoms with Gasteiger partial charge in [0.2, 0.25) is 5.52 Å². The molecule has 0 unspecified atom stereocenters. The Hall–Kier alpha value is -2.67. The fourth-order valence-corrected chi connectivity index (χ4v) is 2.07. The molecule has 1 aromatic heterocycles. The first-order chi connectivity index (χ1) is 10.1. The van der Waals surface area contributed by atoms with Crippen LogP contribution in [-0.2, 0) is 6.54 Å². The van der Waals surface area contributed by atoms with Gasteiger partial charge in [0.25, 0.3) is 0 Å². The number of non-ortho nitro benzene ring substituents is 1. The van der Waals surface area contributed by atoms with Crippen LogP contribution in [0.3, 0.4) is 0 Å². The van der Waals surface area contributed by atoms with Crippen molar-refractivity contribution in [1.29, 1.82) is 0 Å². The Labute approximate surface area is 123 Å². The maximum atomic E-state index is 10.9. The van der Waals surface area contributed by atoms with Gasteiger partial charge in [0.15, 0.2) is 5.52 Å². The number of fused-ring (bicyclic) bond motifs is 1. The van der Waals surface area contributed by atoms with Crippen LogP contribution < -0.4 is 5.32 Å². The van der Waals surface area contributed by atoms with Gasteiger partial charge in [-0.25, -0.2) is 4.63 Å². The highest BCUT2D eigenvalue weighted by Crippen LogP contribution is 2.28. The van der Waals surface area contributed by atoms with Crippen LogP contribution in [0.2, 0.25) is 5.02 Å². The Morgan fingerprint density at radius 3 is 2.57 bits per heavy atom. The van der Waals surface area contributed by atoms with Crippen LogP contribution in [0.25, 0.3) is 11.0 Å². The standard InChI is InChI=1S/C13H9ClN4O3/c14-9-3-1-8(2-4-9)7-15-10-5-6-11(18(19)20)13-12(10)16-21-17-13/h1-6,15H,7H2. The zero-order valence-corrected chi connectivity index (χ0v) is 11.4. The first kappa shape index (κ1) is 13.3. The zero-order valence-electron chi connectivity index (χ0n) is 10.6. The molecule has 0 aliphatic heterocycles. The van der Waals surface area contributed by atoms with E-state index in [1.165, 1.54) is 6.07 Å². The molecule has 0 aliphatic rings. The van der Waals surface area contributed by atoms with Gasteiger partial charge in [-0.2, -0.15) is 0 Å². The van der Waals surface area contributed by atoms with Crippen LogP contribution in [0.4, 0.5) is 11.4 Å². The summed E-state index contributed by atoms with van der Waals surface area (Å²) < 4.78 is 4.60.